The highest BCUT2D eigenvalue weighted by Gasteiger charge is 2.38. The van der Waals surface area contributed by atoms with Gasteiger partial charge in [-0.3, -0.25) is 0 Å². The molecule has 0 aliphatic heterocycles. The molecule has 0 heterocycles. The van der Waals surface area contributed by atoms with E-state index in [1.807, 2.05) is 0 Å². The Labute approximate surface area is 108 Å². The van der Waals surface area contributed by atoms with Crippen molar-refractivity contribution in [1.29, 1.82) is 0 Å². The molecular weight excluding hydrogens is 206 g/mol. The Morgan fingerprint density at radius 1 is 0.882 bits per heavy atom. The largest absolute Gasteiger partial charge is 0.325 e. The van der Waals surface area contributed by atoms with Crippen LogP contribution in [0.4, 0.5) is 0 Å². The SMILES string of the molecule is CC(C)C1CCC(N)(C2CCCCCC2)CC1. The molecule has 0 spiro atoms. The van der Waals surface area contributed by atoms with Gasteiger partial charge in [0.25, 0.3) is 0 Å². The summed E-state index contributed by atoms with van der Waals surface area (Å²) in [5.41, 5.74) is 6.97. The fraction of sp³-hybridized carbons (Fsp3) is 1.00. The van der Waals surface area contributed by atoms with E-state index in [9.17, 15) is 0 Å². The third-order valence-electron chi connectivity index (χ3n) is 5.57. The number of hydrogen-bond donors (Lipinski definition) is 1. The van der Waals surface area contributed by atoms with Gasteiger partial charge in [0.2, 0.25) is 0 Å². The van der Waals surface area contributed by atoms with Gasteiger partial charge < -0.3 is 5.73 Å². The second-order valence-corrected chi connectivity index (χ2v) is 7.00. The van der Waals surface area contributed by atoms with Crippen LogP contribution in [0.3, 0.4) is 0 Å². The highest BCUT2D eigenvalue weighted by atomic mass is 14.8. The monoisotopic (exact) mass is 237 g/mol. The van der Waals surface area contributed by atoms with E-state index in [1.54, 1.807) is 0 Å². The summed E-state index contributed by atoms with van der Waals surface area (Å²) >= 11 is 0. The second-order valence-electron chi connectivity index (χ2n) is 7.00. The molecule has 0 amide bonds. The minimum absolute atomic E-state index is 0.204. The summed E-state index contributed by atoms with van der Waals surface area (Å²) in [6.45, 7) is 4.75. The minimum Gasteiger partial charge on any atom is -0.325 e. The Bertz CT molecular complexity index is 218. The molecule has 17 heavy (non-hydrogen) atoms. The van der Waals surface area contributed by atoms with Crippen LogP contribution in [0.1, 0.15) is 78.1 Å². The Kier molecular flexibility index (Phi) is 4.52. The molecular formula is C16H31N. The van der Waals surface area contributed by atoms with E-state index in [-0.39, 0.29) is 5.54 Å². The fourth-order valence-electron chi connectivity index (χ4n) is 4.11. The average molecular weight is 237 g/mol. The van der Waals surface area contributed by atoms with Crippen LogP contribution in [0, 0.1) is 17.8 Å². The van der Waals surface area contributed by atoms with Gasteiger partial charge >= 0.3 is 0 Å². The Morgan fingerprint density at radius 3 is 1.88 bits per heavy atom. The molecule has 2 N–H and O–H groups in total. The van der Waals surface area contributed by atoms with Gasteiger partial charge in [-0.25, -0.2) is 0 Å². The fourth-order valence-corrected chi connectivity index (χ4v) is 4.11. The van der Waals surface area contributed by atoms with Gasteiger partial charge in [0.1, 0.15) is 0 Å². The molecule has 0 aromatic heterocycles. The summed E-state index contributed by atoms with van der Waals surface area (Å²) in [6, 6.07) is 0. The van der Waals surface area contributed by atoms with Crippen LogP contribution in [-0.4, -0.2) is 5.54 Å². The number of nitrogens with two attached hydrogens (primary N) is 1. The second kappa shape index (κ2) is 5.73. The lowest BCUT2D eigenvalue weighted by molar-refractivity contribution is 0.129. The van der Waals surface area contributed by atoms with Gasteiger partial charge in [-0.2, -0.15) is 0 Å². The van der Waals surface area contributed by atoms with E-state index in [4.69, 9.17) is 5.73 Å². The van der Waals surface area contributed by atoms with Gasteiger partial charge in [0, 0.05) is 5.54 Å². The van der Waals surface area contributed by atoms with Crippen molar-refractivity contribution in [2.75, 3.05) is 0 Å². The molecule has 2 saturated carbocycles. The van der Waals surface area contributed by atoms with E-state index in [2.05, 4.69) is 13.8 Å². The lowest BCUT2D eigenvalue weighted by Crippen LogP contribution is -2.50. The highest BCUT2D eigenvalue weighted by molar-refractivity contribution is 4.96. The highest BCUT2D eigenvalue weighted by Crippen LogP contribution is 2.42. The van der Waals surface area contributed by atoms with Crippen molar-refractivity contribution < 1.29 is 0 Å². The topological polar surface area (TPSA) is 26.0 Å². The van der Waals surface area contributed by atoms with E-state index in [0.717, 1.165) is 17.8 Å². The van der Waals surface area contributed by atoms with Gasteiger partial charge in [-0.05, 0) is 56.3 Å². The maximum absolute atomic E-state index is 6.77. The third kappa shape index (κ3) is 3.24. The van der Waals surface area contributed by atoms with Crippen molar-refractivity contribution in [1.82, 2.24) is 0 Å². The van der Waals surface area contributed by atoms with Gasteiger partial charge in [0.05, 0.1) is 0 Å². The van der Waals surface area contributed by atoms with Crippen molar-refractivity contribution in [3.8, 4) is 0 Å². The predicted octanol–water partition coefficient (Wildman–Crippen LogP) is 4.50. The molecule has 1 nitrogen and oxygen atoms in total. The molecule has 2 aliphatic rings. The third-order valence-corrected chi connectivity index (χ3v) is 5.57. The van der Waals surface area contributed by atoms with Crippen molar-refractivity contribution in [2.45, 2.75) is 83.6 Å². The number of rotatable bonds is 2. The summed E-state index contributed by atoms with van der Waals surface area (Å²) in [4.78, 5) is 0. The molecule has 0 aromatic rings. The molecule has 0 atom stereocenters. The summed E-state index contributed by atoms with van der Waals surface area (Å²) in [5, 5.41) is 0. The molecule has 2 aliphatic carbocycles. The lowest BCUT2D eigenvalue weighted by atomic mass is 9.66. The molecule has 0 radical (unpaired) electrons. The van der Waals surface area contributed by atoms with Crippen molar-refractivity contribution in [2.24, 2.45) is 23.5 Å². The first-order valence-corrected chi connectivity index (χ1v) is 7.91. The van der Waals surface area contributed by atoms with Crippen LogP contribution in [0.5, 0.6) is 0 Å². The zero-order valence-corrected chi connectivity index (χ0v) is 11.9. The van der Waals surface area contributed by atoms with Crippen molar-refractivity contribution in [3.05, 3.63) is 0 Å². The van der Waals surface area contributed by atoms with E-state index in [0.29, 0.717) is 0 Å². The van der Waals surface area contributed by atoms with Crippen LogP contribution in [-0.2, 0) is 0 Å². The molecule has 0 unspecified atom stereocenters. The molecule has 0 bridgehead atoms. The molecule has 0 aromatic carbocycles. The summed E-state index contributed by atoms with van der Waals surface area (Å²) in [6.07, 6.45) is 13.9. The standard InChI is InChI=1S/C16H31N/c1-13(2)14-9-11-16(17,12-10-14)15-7-5-3-4-6-8-15/h13-15H,3-12,17H2,1-2H3. The molecule has 2 rings (SSSR count). The van der Waals surface area contributed by atoms with E-state index < -0.39 is 0 Å². The first-order valence-electron chi connectivity index (χ1n) is 7.91. The van der Waals surface area contributed by atoms with Crippen LogP contribution in [0.2, 0.25) is 0 Å². The van der Waals surface area contributed by atoms with Crippen molar-refractivity contribution in [3.63, 3.8) is 0 Å². The van der Waals surface area contributed by atoms with Gasteiger partial charge in [0.15, 0.2) is 0 Å². The smallest absolute Gasteiger partial charge is 0.0183 e. The van der Waals surface area contributed by atoms with Crippen LogP contribution in [0.25, 0.3) is 0 Å². The van der Waals surface area contributed by atoms with Crippen LogP contribution < -0.4 is 5.73 Å². The van der Waals surface area contributed by atoms with E-state index >= 15 is 0 Å². The van der Waals surface area contributed by atoms with E-state index in [1.165, 1.54) is 64.2 Å². The first kappa shape index (κ1) is 13.4. The quantitative estimate of drug-likeness (QED) is 0.703. The first-order chi connectivity index (χ1) is 8.12. The summed E-state index contributed by atoms with van der Waals surface area (Å²) in [7, 11) is 0. The Morgan fingerprint density at radius 2 is 1.41 bits per heavy atom. The average Bonchev–Trinajstić information content (AvgIpc) is 2.58. The zero-order valence-electron chi connectivity index (χ0n) is 11.9. The zero-order chi connectivity index (χ0) is 12.3. The number of hydrogen-bond acceptors (Lipinski definition) is 1. The van der Waals surface area contributed by atoms with Crippen molar-refractivity contribution >= 4 is 0 Å². The molecule has 2 fully saturated rings. The maximum atomic E-state index is 6.77. The Hall–Kier alpha value is -0.0400. The molecule has 1 heteroatoms. The molecule has 100 valence electrons. The minimum atomic E-state index is 0.204. The van der Waals surface area contributed by atoms with Gasteiger partial charge in [-0.15, -0.1) is 0 Å². The van der Waals surface area contributed by atoms with Gasteiger partial charge in [-0.1, -0.05) is 39.5 Å². The van der Waals surface area contributed by atoms with Crippen LogP contribution in [0.15, 0.2) is 0 Å². The normalized spacial score (nSPS) is 37.1. The lowest BCUT2D eigenvalue weighted by Gasteiger charge is -2.44. The maximum Gasteiger partial charge on any atom is 0.0183 e. The van der Waals surface area contributed by atoms with Crippen LogP contribution >= 0.6 is 0 Å². The summed E-state index contributed by atoms with van der Waals surface area (Å²) < 4.78 is 0. The summed E-state index contributed by atoms with van der Waals surface area (Å²) in [5.74, 6) is 2.63. The predicted molar refractivity (Wildman–Crippen MR) is 74.9 cm³/mol. The molecule has 0 saturated heterocycles. The Balaban J connectivity index is 1.91.